The van der Waals surface area contributed by atoms with Crippen LogP contribution in [0.2, 0.25) is 5.02 Å². The topological polar surface area (TPSA) is 20.2 Å². The van der Waals surface area contributed by atoms with Crippen LogP contribution >= 0.6 is 54.8 Å². The van der Waals surface area contributed by atoms with Crippen molar-refractivity contribution < 1.29 is 13.9 Å². The highest BCUT2D eigenvalue weighted by atomic mass is 79.9. The number of halogens is 5. The van der Waals surface area contributed by atoms with Crippen LogP contribution in [0.5, 0.6) is 0 Å². The summed E-state index contributed by atoms with van der Waals surface area (Å²) in [6, 6.07) is 3.45. The normalized spacial score (nSPS) is 12.8. The number of thiophene rings is 1. The summed E-state index contributed by atoms with van der Waals surface area (Å²) in [4.78, 5) is 0.571. The molecule has 1 N–H and O–H groups in total. The fourth-order valence-corrected chi connectivity index (χ4v) is 3.75. The van der Waals surface area contributed by atoms with Gasteiger partial charge >= 0.3 is 0 Å². The van der Waals surface area contributed by atoms with E-state index in [0.717, 1.165) is 20.4 Å². The van der Waals surface area contributed by atoms with E-state index in [-0.39, 0.29) is 10.6 Å². The van der Waals surface area contributed by atoms with Gasteiger partial charge in [-0.1, -0.05) is 11.6 Å². The zero-order chi connectivity index (χ0) is 13.4. The van der Waals surface area contributed by atoms with E-state index in [1.165, 1.54) is 11.3 Å². The number of aliphatic hydroxyl groups is 1. The number of benzene rings is 1. The molecule has 1 aromatic carbocycles. The van der Waals surface area contributed by atoms with Crippen molar-refractivity contribution in [2.24, 2.45) is 0 Å². The Morgan fingerprint density at radius 1 is 1.17 bits per heavy atom. The minimum atomic E-state index is -1.10. The van der Waals surface area contributed by atoms with Gasteiger partial charge in [0.05, 0.1) is 3.79 Å². The molecule has 0 bridgehead atoms. The van der Waals surface area contributed by atoms with Gasteiger partial charge < -0.3 is 5.11 Å². The molecule has 0 aliphatic rings. The Morgan fingerprint density at radius 3 is 2.33 bits per heavy atom. The Balaban J connectivity index is 2.45. The quantitative estimate of drug-likeness (QED) is 0.658. The predicted molar refractivity (Wildman–Crippen MR) is 75.1 cm³/mol. The molecule has 0 saturated carbocycles. The summed E-state index contributed by atoms with van der Waals surface area (Å²) in [5, 5.41) is 10.1. The van der Waals surface area contributed by atoms with E-state index < -0.39 is 17.7 Å². The molecule has 18 heavy (non-hydrogen) atoms. The van der Waals surface area contributed by atoms with E-state index in [9.17, 15) is 13.9 Å². The van der Waals surface area contributed by atoms with Crippen LogP contribution in [-0.4, -0.2) is 5.11 Å². The molecule has 0 radical (unpaired) electrons. The van der Waals surface area contributed by atoms with Crippen molar-refractivity contribution in [1.29, 1.82) is 0 Å². The van der Waals surface area contributed by atoms with Crippen LogP contribution in [0.4, 0.5) is 8.78 Å². The van der Waals surface area contributed by atoms with Crippen LogP contribution < -0.4 is 0 Å². The van der Waals surface area contributed by atoms with Crippen molar-refractivity contribution in [2.45, 2.75) is 6.10 Å². The first-order chi connectivity index (χ1) is 8.40. The van der Waals surface area contributed by atoms with E-state index >= 15 is 0 Å². The van der Waals surface area contributed by atoms with Gasteiger partial charge in [-0.2, -0.15) is 0 Å². The zero-order valence-corrected chi connectivity index (χ0v) is 13.3. The number of rotatable bonds is 2. The largest absolute Gasteiger partial charge is 0.383 e. The minimum Gasteiger partial charge on any atom is -0.383 e. The van der Waals surface area contributed by atoms with Gasteiger partial charge in [0.2, 0.25) is 0 Å². The van der Waals surface area contributed by atoms with Gasteiger partial charge in [0.1, 0.15) is 6.10 Å². The fourth-order valence-electron chi connectivity index (χ4n) is 1.40. The third kappa shape index (κ3) is 2.77. The molecule has 0 saturated heterocycles. The monoisotopic (exact) mass is 416 g/mol. The molecule has 2 rings (SSSR count). The van der Waals surface area contributed by atoms with Gasteiger partial charge in [-0.05, 0) is 50.1 Å². The highest BCUT2D eigenvalue weighted by Crippen LogP contribution is 2.39. The predicted octanol–water partition coefficient (Wildman–Crippen LogP) is 5.29. The second-order valence-electron chi connectivity index (χ2n) is 3.46. The Bertz CT molecular complexity index is 583. The van der Waals surface area contributed by atoms with E-state index in [0.29, 0.717) is 4.88 Å². The van der Waals surface area contributed by atoms with Crippen molar-refractivity contribution in [2.75, 3.05) is 0 Å². The molecule has 1 atom stereocenters. The van der Waals surface area contributed by atoms with E-state index in [4.69, 9.17) is 11.6 Å². The molecule has 7 heteroatoms. The average molecular weight is 418 g/mol. The lowest BCUT2D eigenvalue weighted by Gasteiger charge is -2.11. The standard InChI is InChI=1S/C11H5Br2ClF2OS/c12-5-2-9(18-11(5)13)10(17)4-1-7(15)8(16)3-6(4)14/h1-3,10,17H. The first-order valence-corrected chi connectivity index (χ1v) is 7.45. The Hall–Kier alpha value is -0.0100. The van der Waals surface area contributed by atoms with E-state index in [2.05, 4.69) is 31.9 Å². The van der Waals surface area contributed by atoms with Crippen molar-refractivity contribution in [3.8, 4) is 0 Å². The molecule has 2 aromatic rings. The van der Waals surface area contributed by atoms with Crippen LogP contribution in [0.3, 0.4) is 0 Å². The van der Waals surface area contributed by atoms with Crippen molar-refractivity contribution in [3.63, 3.8) is 0 Å². The second-order valence-corrected chi connectivity index (χ2v) is 7.12. The average Bonchev–Trinajstić information content (AvgIpc) is 2.63. The summed E-state index contributed by atoms with van der Waals surface area (Å²) >= 11 is 13.7. The first kappa shape index (κ1) is 14.4. The van der Waals surface area contributed by atoms with Crippen molar-refractivity contribution in [3.05, 3.63) is 53.6 Å². The smallest absolute Gasteiger partial charge is 0.160 e. The summed E-state index contributed by atoms with van der Waals surface area (Å²) < 4.78 is 27.7. The molecule has 0 aliphatic heterocycles. The minimum absolute atomic E-state index is 0.0120. The number of aliphatic hydroxyl groups excluding tert-OH is 1. The van der Waals surface area contributed by atoms with E-state index in [1.54, 1.807) is 6.07 Å². The molecule has 1 heterocycles. The summed E-state index contributed by atoms with van der Waals surface area (Å²) in [6.07, 6.45) is -1.10. The van der Waals surface area contributed by atoms with Gasteiger partial charge in [0, 0.05) is 19.9 Å². The fraction of sp³-hybridized carbons (Fsp3) is 0.0909. The molecule has 0 fully saturated rings. The lowest BCUT2D eigenvalue weighted by Crippen LogP contribution is -2.00. The van der Waals surface area contributed by atoms with Crippen molar-refractivity contribution >= 4 is 54.8 Å². The van der Waals surface area contributed by atoms with Crippen LogP contribution in [0.25, 0.3) is 0 Å². The number of hydrogen-bond donors (Lipinski definition) is 1. The maximum atomic E-state index is 13.2. The van der Waals surface area contributed by atoms with Gasteiger partial charge in [0.25, 0.3) is 0 Å². The van der Waals surface area contributed by atoms with Gasteiger partial charge in [-0.25, -0.2) is 8.78 Å². The highest BCUT2D eigenvalue weighted by Gasteiger charge is 2.20. The molecule has 96 valence electrons. The maximum absolute atomic E-state index is 13.2. The molecule has 1 unspecified atom stereocenters. The summed E-state index contributed by atoms with van der Waals surface area (Å²) in [7, 11) is 0. The third-order valence-electron chi connectivity index (χ3n) is 2.27. The van der Waals surface area contributed by atoms with Crippen LogP contribution in [-0.2, 0) is 0 Å². The Morgan fingerprint density at radius 2 is 1.78 bits per heavy atom. The van der Waals surface area contributed by atoms with Gasteiger partial charge in [-0.3, -0.25) is 0 Å². The molecule has 0 spiro atoms. The van der Waals surface area contributed by atoms with Crippen molar-refractivity contribution in [1.82, 2.24) is 0 Å². The lowest BCUT2D eigenvalue weighted by atomic mass is 10.1. The SMILES string of the molecule is OC(c1cc(Br)c(Br)s1)c1cc(F)c(F)cc1Cl. The molecule has 1 aromatic heterocycles. The Labute approximate surface area is 128 Å². The van der Waals surface area contributed by atoms with Gasteiger partial charge in [0.15, 0.2) is 11.6 Å². The van der Waals surface area contributed by atoms with Crippen LogP contribution in [0.15, 0.2) is 26.5 Å². The molecule has 0 aliphatic carbocycles. The molecule has 0 amide bonds. The highest BCUT2D eigenvalue weighted by molar-refractivity contribution is 9.13. The third-order valence-corrected chi connectivity index (χ3v) is 5.90. The summed E-state index contributed by atoms with van der Waals surface area (Å²) in [6.45, 7) is 0. The lowest BCUT2D eigenvalue weighted by molar-refractivity contribution is 0.223. The summed E-state index contributed by atoms with van der Waals surface area (Å²) in [5.41, 5.74) is 0.136. The first-order valence-electron chi connectivity index (χ1n) is 4.67. The Kier molecular flexibility index (Phi) is 4.44. The summed E-state index contributed by atoms with van der Waals surface area (Å²) in [5.74, 6) is -2.08. The molecular weight excluding hydrogens is 413 g/mol. The van der Waals surface area contributed by atoms with Crippen LogP contribution in [0, 0.1) is 11.6 Å². The molecular formula is C11H5Br2ClF2OS. The zero-order valence-electron chi connectivity index (χ0n) is 8.55. The van der Waals surface area contributed by atoms with Crippen LogP contribution in [0.1, 0.15) is 16.5 Å². The second kappa shape index (κ2) is 5.54. The molecule has 1 nitrogen and oxygen atoms in total. The number of hydrogen-bond acceptors (Lipinski definition) is 2. The van der Waals surface area contributed by atoms with Gasteiger partial charge in [-0.15, -0.1) is 11.3 Å². The van der Waals surface area contributed by atoms with E-state index in [1.807, 2.05) is 0 Å². The maximum Gasteiger partial charge on any atom is 0.160 e.